The Kier molecular flexibility index (Phi) is 4.71. The minimum absolute atomic E-state index is 0.0836. The molecule has 110 valence electrons. The first kappa shape index (κ1) is 14.8. The van der Waals surface area contributed by atoms with Gasteiger partial charge in [0.2, 0.25) is 5.91 Å². The van der Waals surface area contributed by atoms with E-state index in [-0.39, 0.29) is 11.3 Å². The molecular formula is C15H14F2N2O2. The molecule has 0 bridgehead atoms. The lowest BCUT2D eigenvalue weighted by molar-refractivity contribution is -0.119. The predicted octanol–water partition coefficient (Wildman–Crippen LogP) is 2.93. The molecule has 0 saturated carbocycles. The molecule has 1 amide bonds. The first-order valence-corrected chi connectivity index (χ1v) is 6.22. The van der Waals surface area contributed by atoms with Crippen molar-refractivity contribution in [2.24, 2.45) is 5.73 Å². The number of nitrogens with two attached hydrogens (primary N) is 1. The SMILES string of the molecule is NC(=O)C(Nc1ccccc1)c1ccccc1OC(F)F. The minimum atomic E-state index is -2.98. The van der Waals surface area contributed by atoms with Crippen molar-refractivity contribution in [1.82, 2.24) is 0 Å². The van der Waals surface area contributed by atoms with E-state index in [9.17, 15) is 13.6 Å². The molecule has 0 saturated heterocycles. The molecule has 6 heteroatoms. The number of halogens is 2. The standard InChI is InChI=1S/C15H14F2N2O2/c16-15(17)21-12-9-5-4-8-11(12)13(14(18)20)19-10-6-2-1-3-7-10/h1-9,13,15,19H,(H2,18,20). The first-order chi connectivity index (χ1) is 10.1. The summed E-state index contributed by atoms with van der Waals surface area (Å²) < 4.78 is 29.3. The van der Waals surface area contributed by atoms with Crippen molar-refractivity contribution in [2.45, 2.75) is 12.7 Å². The van der Waals surface area contributed by atoms with Crippen LogP contribution in [0, 0.1) is 0 Å². The summed E-state index contributed by atoms with van der Waals surface area (Å²) in [6.45, 7) is -2.98. The number of ether oxygens (including phenoxy) is 1. The molecule has 0 aliphatic heterocycles. The van der Waals surface area contributed by atoms with Crippen LogP contribution < -0.4 is 15.8 Å². The maximum Gasteiger partial charge on any atom is 0.387 e. The number of hydrogen-bond acceptors (Lipinski definition) is 3. The lowest BCUT2D eigenvalue weighted by Gasteiger charge is -2.20. The fraction of sp³-hybridized carbons (Fsp3) is 0.133. The summed E-state index contributed by atoms with van der Waals surface area (Å²) in [5.41, 5.74) is 6.28. The number of benzene rings is 2. The van der Waals surface area contributed by atoms with Crippen LogP contribution >= 0.6 is 0 Å². The van der Waals surface area contributed by atoms with Gasteiger partial charge in [-0.2, -0.15) is 8.78 Å². The molecule has 0 spiro atoms. The van der Waals surface area contributed by atoms with Crippen LogP contribution in [0.4, 0.5) is 14.5 Å². The van der Waals surface area contributed by atoms with Crippen molar-refractivity contribution in [3.05, 3.63) is 60.2 Å². The number of nitrogens with one attached hydrogen (secondary N) is 1. The molecule has 3 N–H and O–H groups in total. The fourth-order valence-corrected chi connectivity index (χ4v) is 1.93. The second kappa shape index (κ2) is 6.69. The zero-order chi connectivity index (χ0) is 15.2. The van der Waals surface area contributed by atoms with Gasteiger partial charge in [0.05, 0.1) is 0 Å². The van der Waals surface area contributed by atoms with Gasteiger partial charge in [0.25, 0.3) is 0 Å². The fourth-order valence-electron chi connectivity index (χ4n) is 1.93. The Bertz CT molecular complexity index is 606. The zero-order valence-electron chi connectivity index (χ0n) is 11.0. The van der Waals surface area contributed by atoms with E-state index < -0.39 is 18.6 Å². The number of alkyl halides is 2. The Hall–Kier alpha value is -2.63. The summed E-state index contributed by atoms with van der Waals surface area (Å²) in [5, 5.41) is 2.91. The number of hydrogen-bond donors (Lipinski definition) is 2. The molecule has 21 heavy (non-hydrogen) atoms. The quantitative estimate of drug-likeness (QED) is 0.860. The second-order valence-corrected chi connectivity index (χ2v) is 4.26. The van der Waals surface area contributed by atoms with E-state index in [1.165, 1.54) is 12.1 Å². The maximum absolute atomic E-state index is 12.4. The van der Waals surface area contributed by atoms with Crippen LogP contribution in [0.25, 0.3) is 0 Å². The van der Waals surface area contributed by atoms with Crippen LogP contribution in [0.5, 0.6) is 5.75 Å². The molecule has 2 aromatic rings. The van der Waals surface area contributed by atoms with E-state index in [2.05, 4.69) is 10.1 Å². The van der Waals surface area contributed by atoms with Gasteiger partial charge in [-0.05, 0) is 18.2 Å². The van der Waals surface area contributed by atoms with Crippen LogP contribution in [0.3, 0.4) is 0 Å². The number of carbonyl (C=O) groups is 1. The van der Waals surface area contributed by atoms with Crippen LogP contribution in [-0.4, -0.2) is 12.5 Å². The molecule has 2 rings (SSSR count). The van der Waals surface area contributed by atoms with Crippen molar-refractivity contribution in [3.8, 4) is 5.75 Å². The third kappa shape index (κ3) is 3.92. The van der Waals surface area contributed by atoms with Gasteiger partial charge < -0.3 is 15.8 Å². The Labute approximate surface area is 120 Å². The molecule has 0 aromatic heterocycles. The second-order valence-electron chi connectivity index (χ2n) is 4.26. The van der Waals surface area contributed by atoms with Gasteiger partial charge >= 0.3 is 6.61 Å². The summed E-state index contributed by atoms with van der Waals surface area (Å²) in [6, 6.07) is 13.9. The highest BCUT2D eigenvalue weighted by Gasteiger charge is 2.22. The zero-order valence-corrected chi connectivity index (χ0v) is 11.0. The number of primary amides is 1. The Balaban J connectivity index is 2.32. The van der Waals surface area contributed by atoms with Crippen molar-refractivity contribution in [2.75, 3.05) is 5.32 Å². The van der Waals surface area contributed by atoms with Crippen molar-refractivity contribution in [3.63, 3.8) is 0 Å². The van der Waals surface area contributed by atoms with E-state index in [1.54, 1.807) is 36.4 Å². The third-order valence-corrected chi connectivity index (χ3v) is 2.82. The van der Waals surface area contributed by atoms with Crippen molar-refractivity contribution >= 4 is 11.6 Å². The van der Waals surface area contributed by atoms with Crippen LogP contribution in [0.15, 0.2) is 54.6 Å². The Morgan fingerprint density at radius 3 is 2.29 bits per heavy atom. The molecular weight excluding hydrogens is 278 g/mol. The van der Waals surface area contributed by atoms with Gasteiger partial charge in [0.1, 0.15) is 11.8 Å². The lowest BCUT2D eigenvalue weighted by atomic mass is 10.0. The summed E-state index contributed by atoms with van der Waals surface area (Å²) >= 11 is 0. The highest BCUT2D eigenvalue weighted by molar-refractivity contribution is 5.85. The number of rotatable bonds is 6. The van der Waals surface area contributed by atoms with E-state index in [0.29, 0.717) is 5.69 Å². The smallest absolute Gasteiger partial charge is 0.387 e. The van der Waals surface area contributed by atoms with Gasteiger partial charge in [-0.1, -0.05) is 36.4 Å². The Morgan fingerprint density at radius 2 is 1.67 bits per heavy atom. The van der Waals surface area contributed by atoms with Crippen molar-refractivity contribution in [1.29, 1.82) is 0 Å². The lowest BCUT2D eigenvalue weighted by Crippen LogP contribution is -2.28. The van der Waals surface area contributed by atoms with Crippen LogP contribution in [-0.2, 0) is 4.79 Å². The average molecular weight is 292 g/mol. The van der Waals surface area contributed by atoms with E-state index in [1.807, 2.05) is 6.07 Å². The maximum atomic E-state index is 12.4. The molecule has 0 aliphatic rings. The molecule has 2 aromatic carbocycles. The van der Waals surface area contributed by atoms with E-state index in [0.717, 1.165) is 0 Å². The van der Waals surface area contributed by atoms with Gasteiger partial charge in [0, 0.05) is 11.3 Å². The topological polar surface area (TPSA) is 64.4 Å². The molecule has 0 heterocycles. The molecule has 0 radical (unpaired) electrons. The van der Waals surface area contributed by atoms with Gasteiger partial charge in [-0.15, -0.1) is 0 Å². The summed E-state index contributed by atoms with van der Waals surface area (Å²) in [5.74, 6) is -0.774. The monoisotopic (exact) mass is 292 g/mol. The van der Waals surface area contributed by atoms with Crippen molar-refractivity contribution < 1.29 is 18.3 Å². The first-order valence-electron chi connectivity index (χ1n) is 6.22. The number of carbonyl (C=O) groups excluding carboxylic acids is 1. The van der Waals surface area contributed by atoms with Crippen LogP contribution in [0.2, 0.25) is 0 Å². The van der Waals surface area contributed by atoms with Crippen LogP contribution in [0.1, 0.15) is 11.6 Å². The largest absolute Gasteiger partial charge is 0.434 e. The summed E-state index contributed by atoms with van der Waals surface area (Å²) in [4.78, 5) is 11.7. The van der Waals surface area contributed by atoms with Gasteiger partial charge in [-0.25, -0.2) is 0 Å². The van der Waals surface area contributed by atoms with Gasteiger partial charge in [-0.3, -0.25) is 4.79 Å². The van der Waals surface area contributed by atoms with E-state index in [4.69, 9.17) is 5.73 Å². The minimum Gasteiger partial charge on any atom is -0.434 e. The molecule has 1 atom stereocenters. The molecule has 4 nitrogen and oxygen atoms in total. The highest BCUT2D eigenvalue weighted by Crippen LogP contribution is 2.29. The number of amides is 1. The molecule has 1 unspecified atom stereocenters. The van der Waals surface area contributed by atoms with Gasteiger partial charge in [0.15, 0.2) is 0 Å². The molecule has 0 fully saturated rings. The Morgan fingerprint density at radius 1 is 1.05 bits per heavy atom. The normalized spacial score (nSPS) is 12.0. The number of para-hydroxylation sites is 2. The summed E-state index contributed by atoms with van der Waals surface area (Å²) in [7, 11) is 0. The highest BCUT2D eigenvalue weighted by atomic mass is 19.3. The average Bonchev–Trinajstić information content (AvgIpc) is 2.46. The third-order valence-electron chi connectivity index (χ3n) is 2.82. The molecule has 0 aliphatic carbocycles. The number of anilines is 1. The predicted molar refractivity (Wildman–Crippen MR) is 75.1 cm³/mol. The summed E-state index contributed by atoms with van der Waals surface area (Å²) in [6.07, 6.45) is 0. The van der Waals surface area contributed by atoms with E-state index >= 15 is 0 Å².